The quantitative estimate of drug-likeness (QED) is 0.591. The van der Waals surface area contributed by atoms with Gasteiger partial charge < -0.3 is 20.9 Å². The highest BCUT2D eigenvalue weighted by Crippen LogP contribution is 2.12. The Kier molecular flexibility index (Phi) is 5.81. The lowest BCUT2D eigenvalue weighted by molar-refractivity contribution is 0.0697. The minimum Gasteiger partial charge on any atom is -0.478 e. The molecule has 2 aromatic rings. The lowest BCUT2D eigenvalue weighted by atomic mass is 10.1. The number of hydrogen-bond donors (Lipinski definition) is 3. The smallest absolute Gasteiger partial charge is 0.408 e. The first-order valence-electron chi connectivity index (χ1n) is 7.12. The molecule has 6 heteroatoms. The van der Waals surface area contributed by atoms with Crippen LogP contribution in [-0.4, -0.2) is 23.7 Å². The van der Waals surface area contributed by atoms with Crippen molar-refractivity contribution in [3.05, 3.63) is 65.2 Å². The van der Waals surface area contributed by atoms with Gasteiger partial charge in [-0.2, -0.15) is 0 Å². The summed E-state index contributed by atoms with van der Waals surface area (Å²) >= 11 is 0. The van der Waals surface area contributed by atoms with Crippen LogP contribution in [0.5, 0.6) is 0 Å². The van der Waals surface area contributed by atoms with Crippen molar-refractivity contribution in [3.8, 4) is 11.8 Å². The molecule has 0 fully saturated rings. The van der Waals surface area contributed by atoms with E-state index in [2.05, 4.69) is 17.2 Å². The second kappa shape index (κ2) is 8.25. The van der Waals surface area contributed by atoms with Crippen LogP contribution in [0.4, 0.5) is 10.5 Å². The number of aromatic carboxylic acids is 1. The Morgan fingerprint density at radius 1 is 1.17 bits per heavy atom. The van der Waals surface area contributed by atoms with Crippen molar-refractivity contribution in [2.45, 2.75) is 6.61 Å². The number of carboxylic acid groups (broad SMARTS) is 1. The van der Waals surface area contributed by atoms with Crippen molar-refractivity contribution in [1.82, 2.24) is 5.32 Å². The molecular formula is C18H16N2O4. The third-order valence-electron chi connectivity index (χ3n) is 3.06. The maximum atomic E-state index is 11.5. The molecule has 0 radical (unpaired) electrons. The minimum atomic E-state index is -1.05. The summed E-state index contributed by atoms with van der Waals surface area (Å²) in [4.78, 5) is 22.4. The molecule has 4 N–H and O–H groups in total. The van der Waals surface area contributed by atoms with Crippen LogP contribution in [0.25, 0.3) is 0 Å². The highest BCUT2D eigenvalue weighted by molar-refractivity contribution is 5.89. The maximum absolute atomic E-state index is 11.5. The molecule has 0 saturated carbocycles. The van der Waals surface area contributed by atoms with E-state index in [9.17, 15) is 9.59 Å². The zero-order chi connectivity index (χ0) is 17.4. The Bertz CT molecular complexity index is 792. The zero-order valence-electron chi connectivity index (χ0n) is 12.8. The Balaban J connectivity index is 1.84. The number of carbonyl (C=O) groups excluding carboxylic acids is 1. The molecule has 24 heavy (non-hydrogen) atoms. The molecule has 0 aromatic heterocycles. The summed E-state index contributed by atoms with van der Waals surface area (Å²) in [6.07, 6.45) is -0.583. The maximum Gasteiger partial charge on any atom is 0.408 e. The van der Waals surface area contributed by atoms with E-state index in [4.69, 9.17) is 15.6 Å². The number of amides is 1. The molecule has 0 aliphatic heterocycles. The number of ether oxygens (including phenoxy) is 1. The van der Waals surface area contributed by atoms with Gasteiger partial charge in [0.05, 0.1) is 12.1 Å². The molecule has 0 aliphatic carbocycles. The Hall–Kier alpha value is -3.46. The predicted molar refractivity (Wildman–Crippen MR) is 89.3 cm³/mol. The van der Waals surface area contributed by atoms with Crippen molar-refractivity contribution in [3.63, 3.8) is 0 Å². The number of nitrogen functional groups attached to an aromatic ring is 1. The number of anilines is 1. The first kappa shape index (κ1) is 16.9. The van der Waals surface area contributed by atoms with Crippen LogP contribution in [-0.2, 0) is 11.3 Å². The number of nitrogens with one attached hydrogen (secondary N) is 1. The van der Waals surface area contributed by atoms with Gasteiger partial charge in [0, 0.05) is 11.3 Å². The van der Waals surface area contributed by atoms with Crippen molar-refractivity contribution >= 4 is 17.7 Å². The molecule has 0 unspecified atom stereocenters. The van der Waals surface area contributed by atoms with Crippen LogP contribution in [0, 0.1) is 11.8 Å². The summed E-state index contributed by atoms with van der Waals surface area (Å²) in [6.45, 7) is 0.234. The van der Waals surface area contributed by atoms with Crippen molar-refractivity contribution in [1.29, 1.82) is 0 Å². The van der Waals surface area contributed by atoms with Crippen LogP contribution in [0.1, 0.15) is 21.5 Å². The molecule has 6 nitrogen and oxygen atoms in total. The molecule has 122 valence electrons. The van der Waals surface area contributed by atoms with Gasteiger partial charge in [-0.05, 0) is 23.8 Å². The first-order valence-corrected chi connectivity index (χ1v) is 7.12. The summed E-state index contributed by atoms with van der Waals surface area (Å²) in [5.41, 5.74) is 7.49. The van der Waals surface area contributed by atoms with Gasteiger partial charge in [0.25, 0.3) is 0 Å². The standard InChI is InChI=1S/C18H16N2O4/c19-16-9-8-15(17(21)22)11-14(16)7-4-10-20-18(23)24-12-13-5-2-1-3-6-13/h1-3,5-6,8-9,11H,10,12,19H2,(H,20,23)(H,21,22). The molecule has 2 aromatic carbocycles. The van der Waals surface area contributed by atoms with E-state index in [0.717, 1.165) is 5.56 Å². The SMILES string of the molecule is Nc1ccc(C(=O)O)cc1C#CCNC(=O)OCc1ccccc1. The fourth-order valence-corrected chi connectivity index (χ4v) is 1.83. The van der Waals surface area contributed by atoms with E-state index in [1.807, 2.05) is 30.3 Å². The number of carbonyl (C=O) groups is 2. The Labute approximate surface area is 139 Å². The van der Waals surface area contributed by atoms with Crippen LogP contribution in [0.15, 0.2) is 48.5 Å². The largest absolute Gasteiger partial charge is 0.478 e. The Morgan fingerprint density at radius 2 is 1.92 bits per heavy atom. The molecule has 0 saturated heterocycles. The van der Waals surface area contributed by atoms with Gasteiger partial charge >= 0.3 is 12.1 Å². The molecule has 0 bridgehead atoms. The fraction of sp³-hybridized carbons (Fsp3) is 0.111. The molecular weight excluding hydrogens is 308 g/mol. The molecule has 0 atom stereocenters. The van der Waals surface area contributed by atoms with Crippen molar-refractivity contribution < 1.29 is 19.4 Å². The molecule has 0 spiro atoms. The lowest BCUT2D eigenvalue weighted by Crippen LogP contribution is -2.24. The molecule has 0 aliphatic rings. The average molecular weight is 324 g/mol. The van der Waals surface area contributed by atoms with E-state index in [1.54, 1.807) is 0 Å². The van der Waals surface area contributed by atoms with E-state index < -0.39 is 12.1 Å². The topological polar surface area (TPSA) is 102 Å². The van der Waals surface area contributed by atoms with E-state index in [0.29, 0.717) is 11.3 Å². The monoisotopic (exact) mass is 324 g/mol. The second-order valence-corrected chi connectivity index (χ2v) is 4.82. The van der Waals surface area contributed by atoms with Gasteiger partial charge in [-0.25, -0.2) is 9.59 Å². The zero-order valence-corrected chi connectivity index (χ0v) is 12.8. The summed E-state index contributed by atoms with van der Waals surface area (Å²) in [5, 5.41) is 11.4. The number of benzene rings is 2. The number of rotatable bonds is 4. The van der Waals surface area contributed by atoms with Gasteiger partial charge in [-0.15, -0.1) is 0 Å². The van der Waals surface area contributed by atoms with Crippen molar-refractivity contribution in [2.75, 3.05) is 12.3 Å². The van der Waals surface area contributed by atoms with E-state index in [-0.39, 0.29) is 18.7 Å². The highest BCUT2D eigenvalue weighted by Gasteiger charge is 2.05. The summed E-state index contributed by atoms with van der Waals surface area (Å²) in [7, 11) is 0. The van der Waals surface area contributed by atoms with E-state index in [1.165, 1.54) is 18.2 Å². The minimum absolute atomic E-state index is 0.0599. The number of alkyl carbamates (subject to hydrolysis) is 1. The van der Waals surface area contributed by atoms with Gasteiger partial charge in [0.2, 0.25) is 0 Å². The summed E-state index contributed by atoms with van der Waals surface area (Å²) in [6, 6.07) is 13.6. The third-order valence-corrected chi connectivity index (χ3v) is 3.06. The molecule has 0 heterocycles. The van der Waals surface area contributed by atoms with Crippen molar-refractivity contribution in [2.24, 2.45) is 0 Å². The normalized spacial score (nSPS) is 9.50. The Morgan fingerprint density at radius 3 is 2.62 bits per heavy atom. The average Bonchev–Trinajstić information content (AvgIpc) is 2.59. The van der Waals surface area contributed by atoms with Gasteiger partial charge in [-0.3, -0.25) is 0 Å². The summed E-state index contributed by atoms with van der Waals surface area (Å²) in [5.74, 6) is 4.38. The third kappa shape index (κ3) is 5.07. The van der Waals surface area contributed by atoms with Crippen LogP contribution >= 0.6 is 0 Å². The van der Waals surface area contributed by atoms with Crippen LogP contribution < -0.4 is 11.1 Å². The second-order valence-electron chi connectivity index (χ2n) is 4.82. The van der Waals surface area contributed by atoms with Gasteiger partial charge in [-0.1, -0.05) is 42.2 Å². The van der Waals surface area contributed by atoms with Crippen LogP contribution in [0.2, 0.25) is 0 Å². The number of hydrogen-bond acceptors (Lipinski definition) is 4. The predicted octanol–water partition coefficient (Wildman–Crippen LogP) is 2.24. The van der Waals surface area contributed by atoms with Gasteiger partial charge in [0.1, 0.15) is 6.61 Å². The van der Waals surface area contributed by atoms with Gasteiger partial charge in [0.15, 0.2) is 0 Å². The first-order chi connectivity index (χ1) is 11.6. The summed E-state index contributed by atoms with van der Waals surface area (Å²) < 4.78 is 5.03. The molecule has 2 rings (SSSR count). The number of nitrogens with two attached hydrogens (primary N) is 1. The lowest BCUT2D eigenvalue weighted by Gasteiger charge is -2.04. The van der Waals surface area contributed by atoms with E-state index >= 15 is 0 Å². The van der Waals surface area contributed by atoms with Crippen LogP contribution in [0.3, 0.4) is 0 Å². The highest BCUT2D eigenvalue weighted by atomic mass is 16.5. The number of carboxylic acids is 1. The fourth-order valence-electron chi connectivity index (χ4n) is 1.83. The molecule has 1 amide bonds.